The van der Waals surface area contributed by atoms with Gasteiger partial charge < -0.3 is 28.9 Å². The molecule has 0 aliphatic carbocycles. The number of pyridine rings is 2. The van der Waals surface area contributed by atoms with Crippen LogP contribution in [-0.2, 0) is 0 Å². The summed E-state index contributed by atoms with van der Waals surface area (Å²) in [7, 11) is 6.69. The number of aromatic nitrogens is 4. The van der Waals surface area contributed by atoms with Gasteiger partial charge in [0.05, 0.1) is 51.2 Å². The van der Waals surface area contributed by atoms with Gasteiger partial charge in [-0.25, -0.2) is 9.97 Å². The van der Waals surface area contributed by atoms with E-state index in [4.69, 9.17) is 28.9 Å². The van der Waals surface area contributed by atoms with Crippen molar-refractivity contribution in [1.29, 1.82) is 0 Å². The van der Waals surface area contributed by atoms with Gasteiger partial charge in [0.2, 0.25) is 0 Å². The summed E-state index contributed by atoms with van der Waals surface area (Å²) in [6.45, 7) is 0. The molecule has 0 saturated carbocycles. The minimum absolute atomic E-state index is 0.826. The summed E-state index contributed by atoms with van der Waals surface area (Å²) >= 11 is 0. The molecule has 8 heteroatoms. The average Bonchev–Trinajstić information content (AvgIpc) is 3.99. The van der Waals surface area contributed by atoms with Crippen LogP contribution in [0, 0.1) is 0 Å². The molecule has 2 N–H and O–H groups in total. The predicted molar refractivity (Wildman–Crippen MR) is 251 cm³/mol. The van der Waals surface area contributed by atoms with E-state index in [1.54, 1.807) is 28.4 Å². The Labute approximate surface area is 360 Å². The van der Waals surface area contributed by atoms with Crippen LogP contribution in [0.5, 0.6) is 23.0 Å². The fraction of sp³-hybridized carbons (Fsp3) is 0.0741. The van der Waals surface area contributed by atoms with Crippen LogP contribution in [0.15, 0.2) is 182 Å². The first-order chi connectivity index (χ1) is 30.5. The normalized spacial score (nSPS) is 10.9. The molecule has 0 aliphatic rings. The molecule has 304 valence electrons. The molecule has 0 fully saturated rings. The Morgan fingerprint density at radius 2 is 0.597 bits per heavy atom. The van der Waals surface area contributed by atoms with Gasteiger partial charge in [-0.1, -0.05) is 36.4 Å². The minimum Gasteiger partial charge on any atom is -0.497 e. The van der Waals surface area contributed by atoms with Crippen LogP contribution < -0.4 is 18.9 Å². The lowest BCUT2D eigenvalue weighted by Crippen LogP contribution is -1.92. The van der Waals surface area contributed by atoms with E-state index in [0.29, 0.717) is 0 Å². The number of para-hydroxylation sites is 2. The number of ether oxygens (including phenoxy) is 4. The van der Waals surface area contributed by atoms with Gasteiger partial charge in [0, 0.05) is 67.6 Å². The topological polar surface area (TPSA) is 94.3 Å². The van der Waals surface area contributed by atoms with E-state index in [1.807, 2.05) is 109 Å². The van der Waals surface area contributed by atoms with Gasteiger partial charge >= 0.3 is 0 Å². The fourth-order valence-electron chi connectivity index (χ4n) is 7.63. The maximum atomic E-state index is 5.31. The Morgan fingerprint density at radius 1 is 0.323 bits per heavy atom. The zero-order valence-electron chi connectivity index (χ0n) is 34.8. The van der Waals surface area contributed by atoms with Gasteiger partial charge in [-0.2, -0.15) is 0 Å². The second-order valence-corrected chi connectivity index (χ2v) is 14.7. The maximum Gasteiger partial charge on any atom is 0.118 e. The lowest BCUT2D eigenvalue weighted by atomic mass is 9.99. The number of nitrogens with zero attached hydrogens (tertiary/aromatic N) is 2. The molecule has 0 atom stereocenters. The molecule has 4 heterocycles. The van der Waals surface area contributed by atoms with Crippen molar-refractivity contribution in [2.75, 3.05) is 28.4 Å². The highest BCUT2D eigenvalue weighted by Gasteiger charge is 2.14. The van der Waals surface area contributed by atoms with E-state index < -0.39 is 0 Å². The molecule has 10 aromatic rings. The number of methoxy groups -OCH3 is 4. The third-order valence-electron chi connectivity index (χ3n) is 11.0. The summed E-state index contributed by atoms with van der Waals surface area (Å²) in [5, 5.41) is 2.38. The van der Waals surface area contributed by atoms with Crippen molar-refractivity contribution in [3.63, 3.8) is 0 Å². The lowest BCUT2D eigenvalue weighted by Gasteiger charge is -2.11. The quantitative estimate of drug-likeness (QED) is 0.143. The number of hydrogen-bond donors (Lipinski definition) is 2. The number of hydrogen-bond acceptors (Lipinski definition) is 6. The van der Waals surface area contributed by atoms with E-state index in [-0.39, 0.29) is 0 Å². The van der Waals surface area contributed by atoms with Crippen LogP contribution in [-0.4, -0.2) is 48.4 Å². The van der Waals surface area contributed by atoms with Gasteiger partial charge in [0.15, 0.2) is 0 Å². The van der Waals surface area contributed by atoms with E-state index in [2.05, 4.69) is 83.0 Å². The smallest absolute Gasteiger partial charge is 0.118 e. The van der Waals surface area contributed by atoms with E-state index in [9.17, 15) is 0 Å². The first kappa shape index (κ1) is 39.4. The van der Waals surface area contributed by atoms with Crippen LogP contribution >= 0.6 is 0 Å². The standard InChI is InChI=1S/2C27H22N2O2/c2*1-30-21-11-7-18(8-12-21)26-15-20(24-17-28-25-6-4-3-5-23(24)25)16-27(29-26)19-9-13-22(31-2)14-10-19/h2*3-17,28H,1-2H3. The Kier molecular flexibility index (Phi) is 11.2. The van der Waals surface area contributed by atoms with Gasteiger partial charge in [-0.05, 0) is 145 Å². The zero-order chi connectivity index (χ0) is 42.4. The second kappa shape index (κ2) is 17.6. The summed E-state index contributed by atoms with van der Waals surface area (Å²) in [6.07, 6.45) is 4.13. The fourth-order valence-corrected chi connectivity index (χ4v) is 7.63. The number of rotatable bonds is 10. The molecular formula is C54H44N4O4. The summed E-state index contributed by atoms with van der Waals surface area (Å²) < 4.78 is 21.3. The summed E-state index contributed by atoms with van der Waals surface area (Å²) in [5.74, 6) is 3.30. The summed E-state index contributed by atoms with van der Waals surface area (Å²) in [5.41, 5.74) is 14.6. The number of benzene rings is 6. The third-order valence-corrected chi connectivity index (χ3v) is 11.0. The number of fused-ring (bicyclic) bond motifs is 2. The molecule has 4 aromatic heterocycles. The van der Waals surface area contributed by atoms with Crippen LogP contribution in [0.3, 0.4) is 0 Å². The predicted octanol–water partition coefficient (Wildman–Crippen LogP) is 13.2. The molecule has 0 amide bonds. The van der Waals surface area contributed by atoms with Crippen molar-refractivity contribution in [2.45, 2.75) is 0 Å². The molecule has 10 rings (SSSR count). The molecule has 0 spiro atoms. The Bertz CT molecular complexity index is 2750. The molecule has 0 aliphatic heterocycles. The highest BCUT2D eigenvalue weighted by Crippen LogP contribution is 2.37. The first-order valence-corrected chi connectivity index (χ1v) is 20.2. The number of aromatic amines is 2. The number of H-pyrrole nitrogens is 2. The van der Waals surface area contributed by atoms with Crippen LogP contribution in [0.4, 0.5) is 0 Å². The van der Waals surface area contributed by atoms with E-state index >= 15 is 0 Å². The van der Waals surface area contributed by atoms with Crippen molar-refractivity contribution < 1.29 is 18.9 Å². The molecule has 0 radical (unpaired) electrons. The highest BCUT2D eigenvalue weighted by atomic mass is 16.5. The average molecular weight is 813 g/mol. The number of nitrogens with one attached hydrogen (secondary N) is 2. The van der Waals surface area contributed by atoms with Crippen LogP contribution in [0.1, 0.15) is 0 Å². The lowest BCUT2D eigenvalue weighted by molar-refractivity contribution is 0.414. The molecule has 0 saturated heterocycles. The second-order valence-electron chi connectivity index (χ2n) is 14.7. The van der Waals surface area contributed by atoms with E-state index in [0.717, 1.165) is 101 Å². The summed E-state index contributed by atoms with van der Waals surface area (Å²) in [6, 6.07) is 57.3. The molecular weight excluding hydrogens is 769 g/mol. The van der Waals surface area contributed by atoms with Gasteiger partial charge in [-0.3, -0.25) is 0 Å². The van der Waals surface area contributed by atoms with Crippen molar-refractivity contribution in [3.8, 4) is 90.3 Å². The first-order valence-electron chi connectivity index (χ1n) is 20.2. The molecule has 6 aromatic carbocycles. The van der Waals surface area contributed by atoms with E-state index in [1.165, 1.54) is 10.8 Å². The Balaban J connectivity index is 0.000000158. The Hall–Kier alpha value is -8.10. The third kappa shape index (κ3) is 8.22. The minimum atomic E-state index is 0.826. The molecule has 0 unspecified atom stereocenters. The zero-order valence-corrected chi connectivity index (χ0v) is 34.8. The summed E-state index contributed by atoms with van der Waals surface area (Å²) in [4.78, 5) is 16.7. The highest BCUT2D eigenvalue weighted by molar-refractivity contribution is 5.98. The van der Waals surface area contributed by atoms with Crippen molar-refractivity contribution in [1.82, 2.24) is 19.9 Å². The van der Waals surface area contributed by atoms with Crippen molar-refractivity contribution in [3.05, 3.63) is 182 Å². The Morgan fingerprint density at radius 3 is 0.871 bits per heavy atom. The van der Waals surface area contributed by atoms with Gasteiger partial charge in [0.1, 0.15) is 23.0 Å². The molecule has 0 bridgehead atoms. The van der Waals surface area contributed by atoms with Crippen molar-refractivity contribution >= 4 is 21.8 Å². The largest absolute Gasteiger partial charge is 0.497 e. The maximum absolute atomic E-state index is 5.31. The van der Waals surface area contributed by atoms with Crippen LogP contribution in [0.25, 0.3) is 89.1 Å². The van der Waals surface area contributed by atoms with Gasteiger partial charge in [-0.15, -0.1) is 0 Å². The SMILES string of the molecule is COc1ccc(-c2cc(-c3c[nH]c4ccccc34)cc(-c3ccc(OC)cc3)n2)cc1.COc1ccc(-c2cc(-c3c[nH]c4ccccc34)cc(-c3ccc(OC)cc3)n2)cc1. The van der Waals surface area contributed by atoms with Crippen LogP contribution in [0.2, 0.25) is 0 Å². The molecule has 62 heavy (non-hydrogen) atoms. The van der Waals surface area contributed by atoms with Crippen molar-refractivity contribution in [2.24, 2.45) is 0 Å². The van der Waals surface area contributed by atoms with Gasteiger partial charge in [0.25, 0.3) is 0 Å². The molecule has 8 nitrogen and oxygen atoms in total. The monoisotopic (exact) mass is 812 g/mol.